The molecule has 1 rings (SSSR count). The van der Waals surface area contributed by atoms with Crippen LogP contribution < -0.4 is 10.6 Å². The van der Waals surface area contributed by atoms with Crippen molar-refractivity contribution in [1.82, 2.24) is 10.6 Å². The fraction of sp³-hybridized carbons (Fsp3) is 0.353. The van der Waals surface area contributed by atoms with Gasteiger partial charge in [0.1, 0.15) is 0 Å². The Morgan fingerprint density at radius 1 is 1.04 bits per heavy atom. The number of hydrogen-bond donors (Lipinski definition) is 2. The first-order valence-corrected chi connectivity index (χ1v) is 7.43. The third-order valence-electron chi connectivity index (χ3n) is 2.94. The van der Waals surface area contributed by atoms with Gasteiger partial charge in [-0.2, -0.15) is 0 Å². The Balaban J connectivity index is 2.10. The van der Waals surface area contributed by atoms with Crippen LogP contribution in [0.2, 0.25) is 0 Å². The lowest BCUT2D eigenvalue weighted by molar-refractivity contribution is -0.139. The Hall–Kier alpha value is -2.63. The van der Waals surface area contributed by atoms with Crippen molar-refractivity contribution in [3.05, 3.63) is 48.0 Å². The van der Waals surface area contributed by atoms with E-state index in [1.807, 2.05) is 30.3 Å². The molecule has 0 aliphatic rings. The van der Waals surface area contributed by atoms with Gasteiger partial charge in [-0.15, -0.1) is 0 Å². The van der Waals surface area contributed by atoms with E-state index in [0.717, 1.165) is 5.56 Å². The van der Waals surface area contributed by atoms with Gasteiger partial charge in [0.15, 0.2) is 0 Å². The monoisotopic (exact) mass is 318 g/mol. The first-order valence-electron chi connectivity index (χ1n) is 7.43. The molecule has 0 spiro atoms. The number of hydrogen-bond acceptors (Lipinski definition) is 4. The predicted molar refractivity (Wildman–Crippen MR) is 86.3 cm³/mol. The molecule has 0 radical (unpaired) electrons. The summed E-state index contributed by atoms with van der Waals surface area (Å²) < 4.78 is 4.92. The first kappa shape index (κ1) is 18.4. The fourth-order valence-corrected chi connectivity index (χ4v) is 1.66. The van der Waals surface area contributed by atoms with E-state index in [9.17, 15) is 14.4 Å². The molecule has 2 N–H and O–H groups in total. The summed E-state index contributed by atoms with van der Waals surface area (Å²) in [4.78, 5) is 34.3. The van der Waals surface area contributed by atoms with Crippen molar-refractivity contribution in [3.8, 4) is 0 Å². The summed E-state index contributed by atoms with van der Waals surface area (Å²) in [6.45, 7) is 5.98. The Bertz CT molecular complexity index is 555. The predicted octanol–water partition coefficient (Wildman–Crippen LogP) is 1.32. The smallest absolute Gasteiger partial charge is 0.333 e. The van der Waals surface area contributed by atoms with Crippen molar-refractivity contribution in [1.29, 1.82) is 0 Å². The van der Waals surface area contributed by atoms with Crippen molar-refractivity contribution in [3.63, 3.8) is 0 Å². The molecular formula is C17H22N2O4. The minimum absolute atomic E-state index is 0.266. The van der Waals surface area contributed by atoms with Crippen LogP contribution in [0.15, 0.2) is 42.5 Å². The van der Waals surface area contributed by atoms with Gasteiger partial charge in [-0.3, -0.25) is 9.59 Å². The number of carbonyl (C=O) groups excluding carboxylic acids is 3. The number of benzene rings is 1. The maximum atomic E-state index is 11.6. The topological polar surface area (TPSA) is 84.5 Å². The second-order valence-corrected chi connectivity index (χ2v) is 5.05. The molecule has 1 aromatic rings. The van der Waals surface area contributed by atoms with Crippen molar-refractivity contribution < 1.29 is 19.1 Å². The number of carbonyl (C=O) groups is 3. The standard InChI is InChI=1S/C17H22N2O4/c1-13(2)17(22)23-11-7-6-10-18-15(20)16(21)19-12-14-8-4-3-5-9-14/h3-5,8-9H,1,6-7,10-12H2,2H3,(H,18,20)(H,19,21). The molecule has 0 bridgehead atoms. The third kappa shape index (κ3) is 7.80. The highest BCUT2D eigenvalue weighted by atomic mass is 16.5. The zero-order chi connectivity index (χ0) is 17.1. The number of amides is 2. The van der Waals surface area contributed by atoms with E-state index in [1.54, 1.807) is 6.92 Å². The molecule has 2 amide bonds. The molecule has 0 saturated carbocycles. The minimum atomic E-state index is -0.667. The van der Waals surface area contributed by atoms with Gasteiger partial charge in [-0.1, -0.05) is 36.9 Å². The molecule has 0 heterocycles. The summed E-state index contributed by atoms with van der Waals surface area (Å²) in [7, 11) is 0. The summed E-state index contributed by atoms with van der Waals surface area (Å²) in [5.74, 6) is -1.75. The van der Waals surface area contributed by atoms with Gasteiger partial charge in [0.25, 0.3) is 0 Å². The van der Waals surface area contributed by atoms with Gasteiger partial charge in [-0.05, 0) is 25.3 Å². The molecule has 0 unspecified atom stereocenters. The van der Waals surface area contributed by atoms with Gasteiger partial charge in [0.05, 0.1) is 6.61 Å². The van der Waals surface area contributed by atoms with Crippen LogP contribution in [0.1, 0.15) is 25.3 Å². The maximum Gasteiger partial charge on any atom is 0.333 e. The highest BCUT2D eigenvalue weighted by Gasteiger charge is 2.11. The normalized spacial score (nSPS) is 9.78. The molecule has 0 fully saturated rings. The van der Waals surface area contributed by atoms with E-state index in [2.05, 4.69) is 17.2 Å². The Morgan fingerprint density at radius 2 is 1.70 bits per heavy atom. The summed E-state index contributed by atoms with van der Waals surface area (Å²) in [5, 5.41) is 5.07. The number of esters is 1. The molecule has 6 heteroatoms. The zero-order valence-electron chi connectivity index (χ0n) is 13.3. The van der Waals surface area contributed by atoms with Gasteiger partial charge in [0.2, 0.25) is 0 Å². The molecule has 0 aliphatic heterocycles. The van der Waals surface area contributed by atoms with E-state index in [-0.39, 0.29) is 6.61 Å². The third-order valence-corrected chi connectivity index (χ3v) is 2.94. The van der Waals surface area contributed by atoms with Crippen molar-refractivity contribution in [2.75, 3.05) is 13.2 Å². The van der Waals surface area contributed by atoms with Crippen LogP contribution in [0.4, 0.5) is 0 Å². The van der Waals surface area contributed by atoms with Crippen LogP contribution in [0.3, 0.4) is 0 Å². The SMILES string of the molecule is C=C(C)C(=O)OCCCCNC(=O)C(=O)NCc1ccccc1. The number of rotatable bonds is 8. The molecule has 0 aliphatic carbocycles. The summed E-state index contributed by atoms with van der Waals surface area (Å²) in [6.07, 6.45) is 1.21. The number of unbranched alkanes of at least 4 members (excludes halogenated alkanes) is 1. The van der Waals surface area contributed by atoms with E-state index >= 15 is 0 Å². The van der Waals surface area contributed by atoms with Crippen LogP contribution >= 0.6 is 0 Å². The molecule has 6 nitrogen and oxygen atoms in total. The molecule has 0 aromatic heterocycles. The average molecular weight is 318 g/mol. The van der Waals surface area contributed by atoms with Crippen LogP contribution in [0.25, 0.3) is 0 Å². The van der Waals surface area contributed by atoms with E-state index in [1.165, 1.54) is 0 Å². The summed E-state index contributed by atoms with van der Waals surface area (Å²) >= 11 is 0. The largest absolute Gasteiger partial charge is 0.462 e. The first-order chi connectivity index (χ1) is 11.0. The number of nitrogens with one attached hydrogen (secondary N) is 2. The quantitative estimate of drug-likeness (QED) is 0.328. The van der Waals surface area contributed by atoms with Crippen LogP contribution in [0.5, 0.6) is 0 Å². The Kier molecular flexibility index (Phi) is 8.13. The Labute approximate surface area is 135 Å². The van der Waals surface area contributed by atoms with Crippen LogP contribution in [-0.4, -0.2) is 30.9 Å². The molecule has 0 atom stereocenters. The zero-order valence-corrected chi connectivity index (χ0v) is 13.3. The molecule has 124 valence electrons. The van der Waals surface area contributed by atoms with Crippen LogP contribution in [-0.2, 0) is 25.7 Å². The molecular weight excluding hydrogens is 296 g/mol. The average Bonchev–Trinajstić information content (AvgIpc) is 2.56. The summed E-state index contributed by atoms with van der Waals surface area (Å²) in [5.41, 5.74) is 1.28. The second-order valence-electron chi connectivity index (χ2n) is 5.05. The lowest BCUT2D eigenvalue weighted by atomic mass is 10.2. The van der Waals surface area contributed by atoms with Gasteiger partial charge in [0, 0.05) is 18.7 Å². The van der Waals surface area contributed by atoms with E-state index in [4.69, 9.17) is 4.74 Å². The van der Waals surface area contributed by atoms with Gasteiger partial charge in [-0.25, -0.2) is 4.79 Å². The molecule has 0 saturated heterocycles. The highest BCUT2D eigenvalue weighted by molar-refractivity contribution is 6.35. The van der Waals surface area contributed by atoms with E-state index < -0.39 is 17.8 Å². The lowest BCUT2D eigenvalue weighted by Gasteiger charge is -2.07. The van der Waals surface area contributed by atoms with Crippen molar-refractivity contribution in [2.45, 2.75) is 26.3 Å². The van der Waals surface area contributed by atoms with Gasteiger partial charge < -0.3 is 15.4 Å². The Morgan fingerprint density at radius 3 is 2.35 bits per heavy atom. The fourth-order valence-electron chi connectivity index (χ4n) is 1.66. The van der Waals surface area contributed by atoms with Crippen molar-refractivity contribution in [2.24, 2.45) is 0 Å². The van der Waals surface area contributed by atoms with Crippen LogP contribution in [0, 0.1) is 0 Å². The van der Waals surface area contributed by atoms with Gasteiger partial charge >= 0.3 is 17.8 Å². The second kappa shape index (κ2) is 10.2. The molecule has 1 aromatic carbocycles. The highest BCUT2D eigenvalue weighted by Crippen LogP contribution is 1.97. The summed E-state index contributed by atoms with van der Waals surface area (Å²) in [6, 6.07) is 9.34. The minimum Gasteiger partial charge on any atom is -0.462 e. The number of ether oxygens (including phenoxy) is 1. The lowest BCUT2D eigenvalue weighted by Crippen LogP contribution is -2.39. The van der Waals surface area contributed by atoms with Crippen molar-refractivity contribution >= 4 is 17.8 Å². The maximum absolute atomic E-state index is 11.6. The van der Waals surface area contributed by atoms with E-state index in [0.29, 0.717) is 31.5 Å². The molecule has 23 heavy (non-hydrogen) atoms.